The molecule has 4 aromatic carbocycles. The smallest absolute Gasteiger partial charge is 0.200 e. The van der Waals surface area contributed by atoms with E-state index in [1.807, 2.05) is 18.2 Å². The van der Waals surface area contributed by atoms with Crippen molar-refractivity contribution >= 4 is 22.4 Å². The molecule has 0 saturated heterocycles. The van der Waals surface area contributed by atoms with Crippen molar-refractivity contribution in [2.75, 3.05) is 0 Å². The molecule has 0 radical (unpaired) electrons. The van der Waals surface area contributed by atoms with Gasteiger partial charge in [-0.3, -0.25) is 0 Å². The SMILES string of the molecule is Oc1ccc(O)c(Cl)c1.Oc1ccc2ccccc2c1O.Oc1cccc(O)c1O. The Kier molecular flexibility index (Phi) is 7.44. The minimum absolute atomic E-state index is 0.0190. The lowest BCUT2D eigenvalue weighted by Crippen LogP contribution is -1.73. The Labute approximate surface area is 176 Å². The third-order valence-electron chi connectivity index (χ3n) is 3.80. The third-order valence-corrected chi connectivity index (χ3v) is 4.11. The molecule has 4 rings (SSSR count). The number of benzene rings is 4. The van der Waals surface area contributed by atoms with Gasteiger partial charge in [0.05, 0.1) is 5.02 Å². The summed E-state index contributed by atoms with van der Waals surface area (Å²) >= 11 is 5.40. The summed E-state index contributed by atoms with van der Waals surface area (Å²) in [6.45, 7) is 0. The highest BCUT2D eigenvalue weighted by atomic mass is 35.5. The molecule has 0 bridgehead atoms. The number of fused-ring (bicyclic) bond motifs is 1. The molecule has 0 aliphatic carbocycles. The standard InChI is InChI=1S/C10H8O2.C6H5ClO2.C6H6O3/c11-9-6-5-7-3-1-2-4-8(7)10(9)12;7-5-3-4(8)1-2-6(5)9;7-4-2-1-3-5(8)6(4)9/h1-6,11-12H;1-3,8-9H;1-3,7-9H. The summed E-state index contributed by atoms with van der Waals surface area (Å²) in [4.78, 5) is 0. The fourth-order valence-corrected chi connectivity index (χ4v) is 2.43. The molecule has 30 heavy (non-hydrogen) atoms. The summed E-state index contributed by atoms with van der Waals surface area (Å²) in [6.07, 6.45) is 0. The molecule has 8 heteroatoms. The van der Waals surface area contributed by atoms with Crippen LogP contribution in [0.2, 0.25) is 5.02 Å². The molecule has 4 aromatic rings. The summed E-state index contributed by atoms with van der Waals surface area (Å²) in [5, 5.41) is 64.0. The molecule has 0 atom stereocenters. The highest BCUT2D eigenvalue weighted by molar-refractivity contribution is 6.32. The van der Waals surface area contributed by atoms with Crippen molar-refractivity contribution in [3.8, 4) is 40.2 Å². The minimum atomic E-state index is -0.475. The van der Waals surface area contributed by atoms with Crippen molar-refractivity contribution in [2.24, 2.45) is 0 Å². The second-order valence-corrected chi connectivity index (χ2v) is 6.34. The van der Waals surface area contributed by atoms with Gasteiger partial charge in [-0.1, -0.05) is 48.0 Å². The van der Waals surface area contributed by atoms with Crippen LogP contribution >= 0.6 is 11.6 Å². The maximum absolute atomic E-state index is 9.41. The first kappa shape index (κ1) is 22.3. The van der Waals surface area contributed by atoms with Crippen molar-refractivity contribution in [1.29, 1.82) is 0 Å². The number of para-hydroxylation sites is 1. The van der Waals surface area contributed by atoms with Gasteiger partial charge in [0.25, 0.3) is 0 Å². The van der Waals surface area contributed by atoms with Crippen LogP contribution in [0.1, 0.15) is 0 Å². The van der Waals surface area contributed by atoms with Crippen molar-refractivity contribution in [3.63, 3.8) is 0 Å². The Morgan fingerprint density at radius 2 is 1.07 bits per heavy atom. The van der Waals surface area contributed by atoms with E-state index in [0.29, 0.717) is 5.39 Å². The van der Waals surface area contributed by atoms with Crippen LogP contribution < -0.4 is 0 Å². The molecule has 0 unspecified atom stereocenters. The van der Waals surface area contributed by atoms with E-state index in [9.17, 15) is 5.11 Å². The average Bonchev–Trinajstić information content (AvgIpc) is 2.73. The highest BCUT2D eigenvalue weighted by Gasteiger charge is 2.03. The van der Waals surface area contributed by atoms with Crippen molar-refractivity contribution < 1.29 is 35.7 Å². The first-order chi connectivity index (χ1) is 14.2. The van der Waals surface area contributed by atoms with E-state index in [1.165, 1.54) is 42.5 Å². The van der Waals surface area contributed by atoms with E-state index in [1.54, 1.807) is 12.1 Å². The molecule has 0 spiro atoms. The number of halogens is 1. The monoisotopic (exact) mass is 430 g/mol. The summed E-state index contributed by atoms with van der Waals surface area (Å²) in [5.74, 6) is -1.18. The Morgan fingerprint density at radius 1 is 0.500 bits per heavy atom. The van der Waals surface area contributed by atoms with Gasteiger partial charge in [-0.25, -0.2) is 0 Å². The topological polar surface area (TPSA) is 142 Å². The van der Waals surface area contributed by atoms with Crippen LogP contribution in [-0.4, -0.2) is 35.7 Å². The van der Waals surface area contributed by atoms with E-state index in [2.05, 4.69) is 0 Å². The van der Waals surface area contributed by atoms with Crippen LogP contribution in [0.15, 0.2) is 72.8 Å². The molecule has 0 saturated carbocycles. The summed E-state index contributed by atoms with van der Waals surface area (Å²) in [6, 6.07) is 18.6. The maximum Gasteiger partial charge on any atom is 0.200 e. The van der Waals surface area contributed by atoms with E-state index >= 15 is 0 Å². The van der Waals surface area contributed by atoms with Gasteiger partial charge in [-0.15, -0.1) is 0 Å². The molecule has 156 valence electrons. The quantitative estimate of drug-likeness (QED) is 0.157. The van der Waals surface area contributed by atoms with Gasteiger partial charge in [0.2, 0.25) is 0 Å². The summed E-state index contributed by atoms with van der Waals surface area (Å²) in [5.41, 5.74) is 0. The number of hydrogen-bond donors (Lipinski definition) is 7. The van der Waals surface area contributed by atoms with E-state index in [0.717, 1.165) is 5.39 Å². The van der Waals surface area contributed by atoms with Gasteiger partial charge in [0.1, 0.15) is 11.5 Å². The van der Waals surface area contributed by atoms with Gasteiger partial charge in [-0.05, 0) is 35.7 Å². The summed E-state index contributed by atoms with van der Waals surface area (Å²) in [7, 11) is 0. The zero-order chi connectivity index (χ0) is 22.3. The molecular formula is C22H19ClO7. The van der Waals surface area contributed by atoms with Gasteiger partial charge in [0.15, 0.2) is 28.7 Å². The lowest BCUT2D eigenvalue weighted by molar-refractivity contribution is 0.368. The van der Waals surface area contributed by atoms with E-state index in [4.69, 9.17) is 42.2 Å². The van der Waals surface area contributed by atoms with Crippen LogP contribution in [0.25, 0.3) is 10.8 Å². The fraction of sp³-hybridized carbons (Fsp3) is 0. The molecular weight excluding hydrogens is 412 g/mol. The molecule has 7 nitrogen and oxygen atoms in total. The largest absolute Gasteiger partial charge is 0.508 e. The zero-order valence-electron chi connectivity index (χ0n) is 15.4. The van der Waals surface area contributed by atoms with Gasteiger partial charge < -0.3 is 35.7 Å². The van der Waals surface area contributed by atoms with Crippen molar-refractivity contribution in [1.82, 2.24) is 0 Å². The number of hydrogen-bond acceptors (Lipinski definition) is 7. The van der Waals surface area contributed by atoms with Crippen LogP contribution in [-0.2, 0) is 0 Å². The normalized spacial score (nSPS) is 9.77. The Hall–Kier alpha value is -3.97. The van der Waals surface area contributed by atoms with Crippen LogP contribution in [0.3, 0.4) is 0 Å². The predicted molar refractivity (Wildman–Crippen MR) is 113 cm³/mol. The molecule has 0 amide bonds. The first-order valence-electron chi connectivity index (χ1n) is 8.47. The number of phenols is 7. The van der Waals surface area contributed by atoms with Crippen LogP contribution in [0.5, 0.6) is 40.2 Å². The second kappa shape index (κ2) is 9.99. The second-order valence-electron chi connectivity index (χ2n) is 5.94. The lowest BCUT2D eigenvalue weighted by Gasteiger charge is -2.01. The van der Waals surface area contributed by atoms with Crippen LogP contribution in [0.4, 0.5) is 0 Å². The number of phenolic OH excluding ortho intramolecular Hbond substituents is 7. The van der Waals surface area contributed by atoms with Gasteiger partial charge >= 0.3 is 0 Å². The van der Waals surface area contributed by atoms with Gasteiger partial charge in [-0.2, -0.15) is 0 Å². The van der Waals surface area contributed by atoms with Gasteiger partial charge in [0, 0.05) is 11.5 Å². The minimum Gasteiger partial charge on any atom is -0.508 e. The first-order valence-corrected chi connectivity index (χ1v) is 8.85. The van der Waals surface area contributed by atoms with Crippen molar-refractivity contribution in [2.45, 2.75) is 0 Å². The van der Waals surface area contributed by atoms with Crippen molar-refractivity contribution in [3.05, 3.63) is 77.8 Å². The molecule has 0 heterocycles. The lowest BCUT2D eigenvalue weighted by atomic mass is 10.1. The Balaban J connectivity index is 0.000000163. The molecule has 0 aliphatic heterocycles. The maximum atomic E-state index is 9.41. The fourth-order valence-electron chi connectivity index (χ4n) is 2.26. The molecule has 7 N–H and O–H groups in total. The molecule has 0 aliphatic rings. The highest BCUT2D eigenvalue weighted by Crippen LogP contribution is 2.33. The zero-order valence-corrected chi connectivity index (χ0v) is 16.2. The number of rotatable bonds is 0. The summed E-state index contributed by atoms with van der Waals surface area (Å²) < 4.78 is 0. The van der Waals surface area contributed by atoms with E-state index < -0.39 is 5.75 Å². The molecule has 0 aromatic heterocycles. The number of aromatic hydroxyl groups is 7. The Bertz CT molecular complexity index is 1130. The van der Waals surface area contributed by atoms with Crippen LogP contribution in [0, 0.1) is 0 Å². The predicted octanol–water partition coefficient (Wildman–Crippen LogP) is 4.81. The average molecular weight is 431 g/mol. The Morgan fingerprint density at radius 3 is 1.63 bits per heavy atom. The third kappa shape index (κ3) is 5.76. The van der Waals surface area contributed by atoms with E-state index in [-0.39, 0.29) is 39.5 Å². The molecule has 0 fully saturated rings.